The number of hydrogen-bond donors (Lipinski definition) is 2. The van der Waals surface area contributed by atoms with Gasteiger partial charge in [-0.05, 0) is 77.0 Å². The average molecular weight is 1120 g/mol. The number of phosphoric acid groups is 1. The van der Waals surface area contributed by atoms with Gasteiger partial charge in [0.2, 0.25) is 0 Å². The van der Waals surface area contributed by atoms with Crippen LogP contribution in [0.5, 0.6) is 0 Å². The SMILES string of the molecule is CCCCC/C=C\C/C=C\CCCCCCCCCCCC(=O)OC(COC(=O)CCCCCCCCCCCCCCC)COP(=O)(O)OCC(CO)OC(=O)CCCCCCCCCCC/C=C\CCCCCCCC. The van der Waals surface area contributed by atoms with Gasteiger partial charge in [0.1, 0.15) is 12.7 Å². The summed E-state index contributed by atoms with van der Waals surface area (Å²) in [5.74, 6) is -1.44. The highest BCUT2D eigenvalue weighted by atomic mass is 31.2. The number of hydrogen-bond acceptors (Lipinski definition) is 10. The van der Waals surface area contributed by atoms with Crippen molar-refractivity contribution in [2.24, 2.45) is 0 Å². The number of ether oxygens (including phenoxy) is 3. The largest absolute Gasteiger partial charge is 0.472 e. The predicted molar refractivity (Wildman–Crippen MR) is 326 cm³/mol. The number of rotatable bonds is 62. The molecular formula is C66H123O11P. The Bertz CT molecular complexity index is 1450. The van der Waals surface area contributed by atoms with Gasteiger partial charge in [-0.2, -0.15) is 0 Å². The van der Waals surface area contributed by atoms with Crippen molar-refractivity contribution in [1.82, 2.24) is 0 Å². The van der Waals surface area contributed by atoms with Gasteiger partial charge in [-0.1, -0.05) is 269 Å². The van der Waals surface area contributed by atoms with Crippen molar-refractivity contribution in [2.45, 2.75) is 341 Å². The lowest BCUT2D eigenvalue weighted by atomic mass is 10.0. The number of aliphatic hydroxyl groups is 1. The molecule has 0 amide bonds. The lowest BCUT2D eigenvalue weighted by Gasteiger charge is -2.21. The molecule has 0 heterocycles. The van der Waals surface area contributed by atoms with Gasteiger partial charge in [0.25, 0.3) is 0 Å². The molecule has 0 fully saturated rings. The van der Waals surface area contributed by atoms with Gasteiger partial charge >= 0.3 is 25.7 Å². The molecule has 0 spiro atoms. The van der Waals surface area contributed by atoms with E-state index in [0.717, 1.165) is 70.6 Å². The molecule has 0 saturated carbocycles. The van der Waals surface area contributed by atoms with E-state index in [9.17, 15) is 28.9 Å². The first-order valence-electron chi connectivity index (χ1n) is 32.9. The molecule has 0 bridgehead atoms. The van der Waals surface area contributed by atoms with Gasteiger partial charge in [0.15, 0.2) is 6.10 Å². The topological polar surface area (TPSA) is 155 Å². The fourth-order valence-corrected chi connectivity index (χ4v) is 10.3. The van der Waals surface area contributed by atoms with Gasteiger partial charge in [-0.15, -0.1) is 0 Å². The summed E-state index contributed by atoms with van der Waals surface area (Å²) in [6.45, 7) is 4.68. The average Bonchev–Trinajstić information content (AvgIpc) is 3.43. The van der Waals surface area contributed by atoms with Crippen LogP contribution in [0, 0.1) is 0 Å². The van der Waals surface area contributed by atoms with Crippen LogP contribution in [-0.2, 0) is 42.2 Å². The van der Waals surface area contributed by atoms with E-state index < -0.39 is 57.8 Å². The molecule has 0 aliphatic carbocycles. The van der Waals surface area contributed by atoms with Gasteiger partial charge in [-0.3, -0.25) is 23.4 Å². The zero-order chi connectivity index (χ0) is 56.9. The highest BCUT2D eigenvalue weighted by molar-refractivity contribution is 7.47. The fraction of sp³-hybridized carbons (Fsp3) is 0.864. The molecular weight excluding hydrogens is 1000 g/mol. The summed E-state index contributed by atoms with van der Waals surface area (Å²) in [5.41, 5.74) is 0. The molecule has 0 aromatic rings. The molecule has 0 aromatic heterocycles. The van der Waals surface area contributed by atoms with Gasteiger partial charge in [-0.25, -0.2) is 4.57 Å². The van der Waals surface area contributed by atoms with E-state index in [0.29, 0.717) is 19.3 Å². The Morgan fingerprint density at radius 3 is 0.987 bits per heavy atom. The summed E-state index contributed by atoms with van der Waals surface area (Å²) in [6.07, 6.45) is 65.2. The highest BCUT2D eigenvalue weighted by Crippen LogP contribution is 2.43. The Hall–Kier alpha value is -2.30. The second kappa shape index (κ2) is 60.8. The summed E-state index contributed by atoms with van der Waals surface area (Å²) < 4.78 is 39.7. The summed E-state index contributed by atoms with van der Waals surface area (Å²) in [7, 11) is -4.75. The Kier molecular flexibility index (Phi) is 59.0. The highest BCUT2D eigenvalue weighted by Gasteiger charge is 2.28. The van der Waals surface area contributed by atoms with Gasteiger partial charge < -0.3 is 24.2 Å². The molecule has 3 unspecified atom stereocenters. The molecule has 458 valence electrons. The molecule has 0 saturated heterocycles. The van der Waals surface area contributed by atoms with Crippen molar-refractivity contribution in [3.8, 4) is 0 Å². The van der Waals surface area contributed by atoms with E-state index in [-0.39, 0.29) is 25.9 Å². The molecule has 3 atom stereocenters. The first kappa shape index (κ1) is 75.7. The van der Waals surface area contributed by atoms with Crippen molar-refractivity contribution in [2.75, 3.05) is 26.4 Å². The summed E-state index contributed by atoms with van der Waals surface area (Å²) in [6, 6.07) is 0. The second-order valence-electron chi connectivity index (χ2n) is 22.3. The molecule has 0 aliphatic heterocycles. The lowest BCUT2D eigenvalue weighted by Crippen LogP contribution is -2.30. The summed E-state index contributed by atoms with van der Waals surface area (Å²) >= 11 is 0. The van der Waals surface area contributed by atoms with Crippen molar-refractivity contribution in [3.05, 3.63) is 36.5 Å². The molecule has 0 aromatic carbocycles. The Morgan fingerprint density at radius 1 is 0.359 bits per heavy atom. The number of unbranched alkanes of at least 4 members (excludes halogenated alkanes) is 39. The van der Waals surface area contributed by atoms with Crippen molar-refractivity contribution in [1.29, 1.82) is 0 Å². The zero-order valence-electron chi connectivity index (χ0n) is 50.9. The second-order valence-corrected chi connectivity index (χ2v) is 23.7. The number of phosphoric ester groups is 1. The van der Waals surface area contributed by atoms with Crippen LogP contribution in [0.4, 0.5) is 0 Å². The maximum Gasteiger partial charge on any atom is 0.472 e. The maximum absolute atomic E-state index is 13.0. The molecule has 0 rings (SSSR count). The van der Waals surface area contributed by atoms with Crippen LogP contribution in [0.3, 0.4) is 0 Å². The molecule has 2 N–H and O–H groups in total. The normalized spacial score (nSPS) is 13.4. The number of carbonyl (C=O) groups excluding carboxylic acids is 3. The van der Waals surface area contributed by atoms with Crippen LogP contribution in [0.2, 0.25) is 0 Å². The number of carbonyl (C=O) groups is 3. The third kappa shape index (κ3) is 58.4. The molecule has 0 radical (unpaired) electrons. The van der Waals surface area contributed by atoms with E-state index >= 15 is 0 Å². The standard InChI is InChI=1S/C66H123O11P/c1-4-7-10-13-16-19-22-25-27-29-31-33-35-38-41-44-47-50-53-56-65(69)76-62(58-67)60-74-78(71,72)75-61-63(59-73-64(68)55-52-49-46-43-40-37-24-21-18-15-12-9-6-3)77-66(70)57-54-51-48-45-42-39-36-34-32-30-28-26-23-20-17-14-11-8-5-2/h17,20,25-28,62-63,67H,4-16,18-19,21-24,29-61H2,1-3H3,(H,71,72)/b20-17-,27-25-,28-26-. The van der Waals surface area contributed by atoms with E-state index in [4.69, 9.17) is 23.3 Å². The molecule has 78 heavy (non-hydrogen) atoms. The van der Waals surface area contributed by atoms with Crippen LogP contribution in [0.25, 0.3) is 0 Å². The van der Waals surface area contributed by atoms with Crippen LogP contribution in [0.15, 0.2) is 36.5 Å². The zero-order valence-corrected chi connectivity index (χ0v) is 51.8. The van der Waals surface area contributed by atoms with E-state index in [1.165, 1.54) is 199 Å². The number of aliphatic hydroxyl groups excluding tert-OH is 1. The molecule has 0 aliphatic rings. The van der Waals surface area contributed by atoms with Gasteiger partial charge in [0, 0.05) is 19.3 Å². The minimum Gasteiger partial charge on any atom is -0.462 e. The third-order valence-electron chi connectivity index (χ3n) is 14.5. The van der Waals surface area contributed by atoms with Crippen molar-refractivity contribution >= 4 is 25.7 Å². The fourth-order valence-electron chi connectivity index (χ4n) is 9.50. The Morgan fingerprint density at radius 2 is 0.628 bits per heavy atom. The summed E-state index contributed by atoms with van der Waals surface area (Å²) in [5, 5.41) is 9.86. The third-order valence-corrected chi connectivity index (χ3v) is 15.5. The molecule has 12 heteroatoms. The van der Waals surface area contributed by atoms with Crippen molar-refractivity contribution < 1.29 is 52.2 Å². The first-order valence-corrected chi connectivity index (χ1v) is 34.4. The van der Waals surface area contributed by atoms with Gasteiger partial charge in [0.05, 0.1) is 19.8 Å². The van der Waals surface area contributed by atoms with Crippen LogP contribution < -0.4 is 0 Å². The smallest absolute Gasteiger partial charge is 0.462 e. The van der Waals surface area contributed by atoms with Crippen LogP contribution >= 0.6 is 7.82 Å². The monoisotopic (exact) mass is 1120 g/mol. The Labute approximate surface area is 480 Å². The maximum atomic E-state index is 13.0. The first-order chi connectivity index (χ1) is 38.2. The van der Waals surface area contributed by atoms with Crippen molar-refractivity contribution in [3.63, 3.8) is 0 Å². The van der Waals surface area contributed by atoms with Crippen LogP contribution in [-0.4, -0.2) is 66.5 Å². The Balaban J connectivity index is 4.61. The lowest BCUT2D eigenvalue weighted by molar-refractivity contribution is -0.161. The van der Waals surface area contributed by atoms with E-state index in [2.05, 4.69) is 57.2 Å². The number of allylic oxidation sites excluding steroid dienone is 6. The predicted octanol–water partition coefficient (Wildman–Crippen LogP) is 19.9. The summed E-state index contributed by atoms with van der Waals surface area (Å²) in [4.78, 5) is 48.7. The molecule has 11 nitrogen and oxygen atoms in total. The minimum absolute atomic E-state index is 0.167. The number of esters is 3. The van der Waals surface area contributed by atoms with E-state index in [1.807, 2.05) is 0 Å². The quantitative estimate of drug-likeness (QED) is 0.0197. The van der Waals surface area contributed by atoms with Crippen LogP contribution in [0.1, 0.15) is 329 Å². The minimum atomic E-state index is -4.75. The van der Waals surface area contributed by atoms with E-state index in [1.54, 1.807) is 0 Å².